The second-order valence-electron chi connectivity index (χ2n) is 7.83. The third kappa shape index (κ3) is 7.27. The van der Waals surface area contributed by atoms with E-state index in [1.807, 2.05) is 42.5 Å². The highest BCUT2D eigenvalue weighted by atomic mass is 35.5. The van der Waals surface area contributed by atoms with E-state index in [0.717, 1.165) is 61.9 Å². The van der Waals surface area contributed by atoms with Crippen molar-refractivity contribution in [3.63, 3.8) is 0 Å². The molecular weight excluding hydrogens is 430 g/mol. The van der Waals surface area contributed by atoms with Gasteiger partial charge in [-0.15, -0.1) is 0 Å². The highest BCUT2D eigenvalue weighted by Crippen LogP contribution is 2.30. The molecule has 1 aliphatic rings. The first-order valence-corrected chi connectivity index (χ1v) is 11.6. The smallest absolute Gasteiger partial charge is 0.173 e. The Bertz CT molecular complexity index is 829. The summed E-state index contributed by atoms with van der Waals surface area (Å²) in [6.07, 6.45) is 4.39. The van der Waals surface area contributed by atoms with E-state index in [1.54, 1.807) is 13.2 Å². The second kappa shape index (κ2) is 12.1. The average molecular weight is 462 g/mol. The predicted octanol–water partition coefficient (Wildman–Crippen LogP) is 5.30. The SMILES string of the molecule is COc1cc(Cl)ccc1OCCCCN1CCC(N(C)C(=S)Nc2ccccc2)CC1. The number of halogens is 1. The lowest BCUT2D eigenvalue weighted by atomic mass is 10.0. The topological polar surface area (TPSA) is 37.0 Å². The lowest BCUT2D eigenvalue weighted by molar-refractivity contribution is 0.161. The molecule has 0 aromatic heterocycles. The summed E-state index contributed by atoms with van der Waals surface area (Å²) in [7, 11) is 3.73. The molecule has 0 spiro atoms. The number of unbranched alkanes of at least 4 members (excludes halogenated alkanes) is 1. The number of nitrogens with zero attached hydrogens (tertiary/aromatic N) is 2. The van der Waals surface area contributed by atoms with Crippen molar-refractivity contribution in [1.29, 1.82) is 0 Å². The fourth-order valence-electron chi connectivity index (χ4n) is 3.81. The van der Waals surface area contributed by atoms with Crippen LogP contribution in [0.15, 0.2) is 48.5 Å². The minimum atomic E-state index is 0.487. The number of para-hydroxylation sites is 1. The molecule has 0 bridgehead atoms. The van der Waals surface area contributed by atoms with Crippen molar-refractivity contribution < 1.29 is 9.47 Å². The molecule has 1 fully saturated rings. The molecule has 1 saturated heterocycles. The number of rotatable bonds is 9. The number of methoxy groups -OCH3 is 1. The fourth-order valence-corrected chi connectivity index (χ4v) is 4.24. The Morgan fingerprint density at radius 3 is 2.58 bits per heavy atom. The van der Waals surface area contributed by atoms with Gasteiger partial charge in [-0.1, -0.05) is 29.8 Å². The van der Waals surface area contributed by atoms with E-state index in [9.17, 15) is 0 Å². The van der Waals surface area contributed by atoms with Gasteiger partial charge in [0.05, 0.1) is 13.7 Å². The van der Waals surface area contributed by atoms with Gasteiger partial charge in [0.2, 0.25) is 0 Å². The van der Waals surface area contributed by atoms with Crippen LogP contribution in [0.2, 0.25) is 5.02 Å². The van der Waals surface area contributed by atoms with Crippen LogP contribution in [-0.4, -0.2) is 61.4 Å². The number of anilines is 1. The van der Waals surface area contributed by atoms with E-state index < -0.39 is 0 Å². The molecule has 0 saturated carbocycles. The highest BCUT2D eigenvalue weighted by Gasteiger charge is 2.23. The number of benzene rings is 2. The normalized spacial score (nSPS) is 14.8. The lowest BCUT2D eigenvalue weighted by Crippen LogP contribution is -2.47. The van der Waals surface area contributed by atoms with Gasteiger partial charge in [0.25, 0.3) is 0 Å². The first kappa shape index (κ1) is 23.6. The van der Waals surface area contributed by atoms with Gasteiger partial charge in [0, 0.05) is 43.0 Å². The maximum Gasteiger partial charge on any atom is 0.173 e. The van der Waals surface area contributed by atoms with Crippen LogP contribution < -0.4 is 14.8 Å². The van der Waals surface area contributed by atoms with Crippen LogP contribution in [0.25, 0.3) is 0 Å². The van der Waals surface area contributed by atoms with Crippen molar-refractivity contribution >= 4 is 34.6 Å². The molecule has 0 amide bonds. The zero-order valence-corrected chi connectivity index (χ0v) is 19.9. The maximum atomic E-state index is 5.99. The summed E-state index contributed by atoms with van der Waals surface area (Å²) < 4.78 is 11.2. The molecule has 3 rings (SSSR count). The van der Waals surface area contributed by atoms with E-state index in [1.165, 1.54) is 0 Å². The molecule has 0 unspecified atom stereocenters. The Morgan fingerprint density at radius 2 is 1.87 bits per heavy atom. The molecule has 1 aliphatic heterocycles. The van der Waals surface area contributed by atoms with E-state index >= 15 is 0 Å². The van der Waals surface area contributed by atoms with Gasteiger partial charge in [0.15, 0.2) is 16.6 Å². The quantitative estimate of drug-likeness (QED) is 0.403. The van der Waals surface area contributed by atoms with Gasteiger partial charge in [-0.05, 0) is 68.7 Å². The van der Waals surface area contributed by atoms with Crippen molar-refractivity contribution in [2.45, 2.75) is 31.7 Å². The first-order valence-electron chi connectivity index (χ1n) is 10.8. The van der Waals surface area contributed by atoms with Crippen LogP contribution in [0.5, 0.6) is 11.5 Å². The molecule has 2 aromatic carbocycles. The number of piperidine rings is 1. The van der Waals surface area contributed by atoms with E-state index in [2.05, 4.69) is 22.2 Å². The van der Waals surface area contributed by atoms with Gasteiger partial charge < -0.3 is 24.6 Å². The first-order chi connectivity index (χ1) is 15.1. The number of hydrogen-bond acceptors (Lipinski definition) is 4. The van der Waals surface area contributed by atoms with Gasteiger partial charge >= 0.3 is 0 Å². The second-order valence-corrected chi connectivity index (χ2v) is 8.65. The Kier molecular flexibility index (Phi) is 9.25. The molecule has 2 aromatic rings. The molecular formula is C24H32ClN3O2S. The van der Waals surface area contributed by atoms with Crippen molar-refractivity contribution in [1.82, 2.24) is 9.80 Å². The van der Waals surface area contributed by atoms with Crippen molar-refractivity contribution in [3.05, 3.63) is 53.6 Å². The van der Waals surface area contributed by atoms with Crippen molar-refractivity contribution in [2.24, 2.45) is 0 Å². The number of thiocarbonyl (C=S) groups is 1. The molecule has 5 nitrogen and oxygen atoms in total. The van der Waals surface area contributed by atoms with Crippen LogP contribution in [0.1, 0.15) is 25.7 Å². The van der Waals surface area contributed by atoms with Crippen molar-refractivity contribution in [3.8, 4) is 11.5 Å². The summed E-state index contributed by atoms with van der Waals surface area (Å²) in [4.78, 5) is 4.76. The van der Waals surface area contributed by atoms with Crippen molar-refractivity contribution in [2.75, 3.05) is 45.7 Å². The highest BCUT2D eigenvalue weighted by molar-refractivity contribution is 7.80. The molecule has 0 aliphatic carbocycles. The fraction of sp³-hybridized carbons (Fsp3) is 0.458. The van der Waals surface area contributed by atoms with Crippen LogP contribution >= 0.6 is 23.8 Å². The molecule has 0 radical (unpaired) electrons. The molecule has 0 atom stereocenters. The lowest BCUT2D eigenvalue weighted by Gasteiger charge is -2.38. The summed E-state index contributed by atoms with van der Waals surface area (Å²) in [5.74, 6) is 1.43. The van der Waals surface area contributed by atoms with Crippen LogP contribution in [0.4, 0.5) is 5.69 Å². The third-order valence-corrected chi connectivity index (χ3v) is 6.33. The monoisotopic (exact) mass is 461 g/mol. The summed E-state index contributed by atoms with van der Waals surface area (Å²) in [5.41, 5.74) is 1.04. The van der Waals surface area contributed by atoms with Crippen LogP contribution in [0, 0.1) is 0 Å². The van der Waals surface area contributed by atoms with E-state index in [-0.39, 0.29) is 0 Å². The number of likely N-dealkylation sites (tertiary alicyclic amines) is 1. The number of hydrogen-bond donors (Lipinski definition) is 1. The standard InChI is InChI=1S/C24H32ClN3O2S/c1-27(24(31)26-20-8-4-3-5-9-20)21-12-15-28(16-13-21)14-6-7-17-30-22-11-10-19(25)18-23(22)29-2/h3-5,8-11,18,21H,6-7,12-17H2,1-2H3,(H,26,31). The summed E-state index contributed by atoms with van der Waals surface area (Å²) in [6.45, 7) is 3.99. The Labute approximate surface area is 196 Å². The van der Waals surface area contributed by atoms with E-state index in [0.29, 0.717) is 23.4 Å². The minimum absolute atomic E-state index is 0.487. The molecule has 31 heavy (non-hydrogen) atoms. The van der Waals surface area contributed by atoms with Crippen LogP contribution in [0.3, 0.4) is 0 Å². The average Bonchev–Trinajstić information content (AvgIpc) is 2.80. The number of nitrogens with one attached hydrogen (secondary N) is 1. The predicted molar refractivity (Wildman–Crippen MR) is 133 cm³/mol. The Morgan fingerprint density at radius 1 is 1.13 bits per heavy atom. The zero-order chi connectivity index (χ0) is 22.1. The van der Waals surface area contributed by atoms with Gasteiger partial charge in [-0.25, -0.2) is 0 Å². The largest absolute Gasteiger partial charge is 0.493 e. The molecule has 1 N–H and O–H groups in total. The Hall–Kier alpha value is -2.02. The van der Waals surface area contributed by atoms with Crippen LogP contribution in [-0.2, 0) is 0 Å². The zero-order valence-electron chi connectivity index (χ0n) is 18.4. The molecule has 7 heteroatoms. The van der Waals surface area contributed by atoms with Gasteiger partial charge in [0.1, 0.15) is 0 Å². The summed E-state index contributed by atoms with van der Waals surface area (Å²) in [6, 6.07) is 16.1. The van der Waals surface area contributed by atoms with Gasteiger partial charge in [-0.3, -0.25) is 0 Å². The summed E-state index contributed by atoms with van der Waals surface area (Å²) >= 11 is 11.6. The summed E-state index contributed by atoms with van der Waals surface area (Å²) in [5, 5.41) is 4.78. The Balaban J connectivity index is 1.32. The van der Waals surface area contributed by atoms with Gasteiger partial charge in [-0.2, -0.15) is 0 Å². The molecule has 1 heterocycles. The third-order valence-electron chi connectivity index (χ3n) is 5.70. The van der Waals surface area contributed by atoms with E-state index in [4.69, 9.17) is 33.3 Å². The molecule has 168 valence electrons. The number of ether oxygens (including phenoxy) is 2. The maximum absolute atomic E-state index is 5.99. The minimum Gasteiger partial charge on any atom is -0.493 e.